The molecule has 0 spiro atoms. The highest BCUT2D eigenvalue weighted by Crippen LogP contribution is 2.26. The van der Waals surface area contributed by atoms with Crippen LogP contribution in [0.4, 0.5) is 0 Å². The summed E-state index contributed by atoms with van der Waals surface area (Å²) in [5.74, 6) is 0.475. The van der Waals surface area contributed by atoms with Crippen LogP contribution in [-0.4, -0.2) is 30.3 Å². The van der Waals surface area contributed by atoms with Gasteiger partial charge in [-0.05, 0) is 44.4 Å². The average Bonchev–Trinajstić information content (AvgIpc) is 2.88. The molecule has 4 N–H and O–H groups in total. The number of benzene rings is 1. The Kier molecular flexibility index (Phi) is 4.81. The maximum Gasteiger partial charge on any atom is 0.0607 e. The Balaban J connectivity index is 2.05. The molecule has 0 saturated carbocycles. The normalized spacial score (nSPS) is 23.2. The van der Waals surface area contributed by atoms with E-state index in [2.05, 4.69) is 48.2 Å². The fourth-order valence-corrected chi connectivity index (χ4v) is 2.50. The van der Waals surface area contributed by atoms with Crippen LogP contribution in [-0.2, 0) is 0 Å². The Bertz CT molecular complexity index is 459. The van der Waals surface area contributed by atoms with Crippen LogP contribution >= 0.6 is 0 Å². The van der Waals surface area contributed by atoms with E-state index in [-0.39, 0.29) is 12.1 Å². The van der Waals surface area contributed by atoms with Gasteiger partial charge in [0.2, 0.25) is 0 Å². The molecule has 112 valence electrons. The molecule has 1 aliphatic heterocycles. The first-order chi connectivity index (χ1) is 9.43. The number of rotatable bonds is 5. The minimum Gasteiger partial charge on any atom is -0.394 e. The number of aliphatic hydroxyl groups is 1. The molecule has 2 atom stereocenters. The SMILES string of the molecule is Cc1ccc(C2NNCC2CNC(C)(C)CO)cc1C. The zero-order valence-electron chi connectivity index (χ0n) is 13.0. The molecule has 1 aromatic rings. The van der Waals surface area contributed by atoms with Crippen LogP contribution in [0.3, 0.4) is 0 Å². The number of hydrogen-bond acceptors (Lipinski definition) is 4. The van der Waals surface area contributed by atoms with Gasteiger partial charge >= 0.3 is 0 Å². The minimum atomic E-state index is -0.226. The number of aryl methyl sites for hydroxylation is 2. The molecule has 1 aromatic carbocycles. The molecule has 0 radical (unpaired) electrons. The molecule has 0 aliphatic carbocycles. The van der Waals surface area contributed by atoms with Gasteiger partial charge in [-0.1, -0.05) is 18.2 Å². The molecule has 1 fully saturated rings. The van der Waals surface area contributed by atoms with Gasteiger partial charge in [-0.3, -0.25) is 5.43 Å². The molecule has 0 amide bonds. The average molecular weight is 277 g/mol. The fourth-order valence-electron chi connectivity index (χ4n) is 2.50. The Labute approximate surface area is 121 Å². The van der Waals surface area contributed by atoms with Crippen molar-refractivity contribution in [1.82, 2.24) is 16.2 Å². The van der Waals surface area contributed by atoms with E-state index in [1.807, 2.05) is 13.8 Å². The summed E-state index contributed by atoms with van der Waals surface area (Å²) in [4.78, 5) is 0. The summed E-state index contributed by atoms with van der Waals surface area (Å²) in [7, 11) is 0. The van der Waals surface area contributed by atoms with Crippen LogP contribution in [0.25, 0.3) is 0 Å². The van der Waals surface area contributed by atoms with Crippen molar-refractivity contribution < 1.29 is 5.11 Å². The Morgan fingerprint density at radius 3 is 2.70 bits per heavy atom. The highest BCUT2D eigenvalue weighted by molar-refractivity contribution is 5.32. The van der Waals surface area contributed by atoms with E-state index in [4.69, 9.17) is 0 Å². The summed E-state index contributed by atoms with van der Waals surface area (Å²) < 4.78 is 0. The molecule has 1 aliphatic rings. The van der Waals surface area contributed by atoms with E-state index >= 15 is 0 Å². The second kappa shape index (κ2) is 6.22. The second-order valence-corrected chi connectivity index (χ2v) is 6.53. The van der Waals surface area contributed by atoms with Crippen molar-refractivity contribution in [3.05, 3.63) is 34.9 Å². The summed E-state index contributed by atoms with van der Waals surface area (Å²) in [6.07, 6.45) is 0. The van der Waals surface area contributed by atoms with Crippen LogP contribution < -0.4 is 16.2 Å². The summed E-state index contributed by atoms with van der Waals surface area (Å²) in [5.41, 5.74) is 10.4. The first-order valence-electron chi connectivity index (χ1n) is 7.34. The standard InChI is InChI=1S/C16H27N3O/c1-11-5-6-13(7-12(11)2)15-14(9-18-19-15)8-17-16(3,4)10-20/h5-7,14-15,17-20H,8-10H2,1-4H3. The molecule has 0 aromatic heterocycles. The number of hydrazine groups is 1. The third kappa shape index (κ3) is 3.58. The van der Waals surface area contributed by atoms with E-state index < -0.39 is 0 Å². The number of aliphatic hydroxyl groups excluding tert-OH is 1. The molecule has 2 unspecified atom stereocenters. The molecule has 4 nitrogen and oxygen atoms in total. The molecule has 1 heterocycles. The second-order valence-electron chi connectivity index (χ2n) is 6.53. The molecular weight excluding hydrogens is 250 g/mol. The van der Waals surface area contributed by atoms with Gasteiger partial charge in [-0.25, -0.2) is 5.43 Å². The Morgan fingerprint density at radius 1 is 1.30 bits per heavy atom. The van der Waals surface area contributed by atoms with E-state index in [0.717, 1.165) is 13.1 Å². The lowest BCUT2D eigenvalue weighted by Crippen LogP contribution is -2.45. The van der Waals surface area contributed by atoms with Gasteiger partial charge in [0.15, 0.2) is 0 Å². The zero-order valence-corrected chi connectivity index (χ0v) is 13.0. The number of hydrogen-bond donors (Lipinski definition) is 4. The highest BCUT2D eigenvalue weighted by Gasteiger charge is 2.29. The smallest absolute Gasteiger partial charge is 0.0607 e. The summed E-state index contributed by atoms with van der Waals surface area (Å²) in [5, 5.41) is 12.8. The fraction of sp³-hybridized carbons (Fsp3) is 0.625. The van der Waals surface area contributed by atoms with Crippen LogP contribution in [0.1, 0.15) is 36.6 Å². The van der Waals surface area contributed by atoms with E-state index in [1.54, 1.807) is 0 Å². The molecule has 1 saturated heterocycles. The first kappa shape index (κ1) is 15.4. The van der Waals surface area contributed by atoms with Crippen molar-refractivity contribution in [1.29, 1.82) is 0 Å². The van der Waals surface area contributed by atoms with Crippen molar-refractivity contribution in [2.24, 2.45) is 5.92 Å². The van der Waals surface area contributed by atoms with E-state index in [0.29, 0.717) is 12.0 Å². The monoisotopic (exact) mass is 277 g/mol. The van der Waals surface area contributed by atoms with Gasteiger partial charge in [0, 0.05) is 24.5 Å². The predicted octanol–water partition coefficient (Wildman–Crippen LogP) is 1.43. The third-order valence-corrected chi connectivity index (χ3v) is 4.22. The summed E-state index contributed by atoms with van der Waals surface area (Å²) in [6.45, 7) is 10.3. The van der Waals surface area contributed by atoms with Gasteiger partial charge < -0.3 is 10.4 Å². The van der Waals surface area contributed by atoms with Crippen LogP contribution in [0.2, 0.25) is 0 Å². The third-order valence-electron chi connectivity index (χ3n) is 4.22. The Hall–Kier alpha value is -0.940. The lowest BCUT2D eigenvalue weighted by Gasteiger charge is -2.27. The van der Waals surface area contributed by atoms with Crippen molar-refractivity contribution >= 4 is 0 Å². The molecule has 20 heavy (non-hydrogen) atoms. The lowest BCUT2D eigenvalue weighted by molar-refractivity contribution is 0.182. The highest BCUT2D eigenvalue weighted by atomic mass is 16.3. The van der Waals surface area contributed by atoms with E-state index in [1.165, 1.54) is 16.7 Å². The predicted molar refractivity (Wildman–Crippen MR) is 82.5 cm³/mol. The van der Waals surface area contributed by atoms with Gasteiger partial charge in [0.25, 0.3) is 0 Å². The molecule has 2 rings (SSSR count). The topological polar surface area (TPSA) is 56.3 Å². The quantitative estimate of drug-likeness (QED) is 0.658. The van der Waals surface area contributed by atoms with E-state index in [9.17, 15) is 5.11 Å². The molecule has 4 heteroatoms. The summed E-state index contributed by atoms with van der Waals surface area (Å²) in [6, 6.07) is 6.98. The first-order valence-corrected chi connectivity index (χ1v) is 7.34. The summed E-state index contributed by atoms with van der Waals surface area (Å²) >= 11 is 0. The maximum atomic E-state index is 9.32. The van der Waals surface area contributed by atoms with Crippen molar-refractivity contribution in [3.63, 3.8) is 0 Å². The van der Waals surface area contributed by atoms with Crippen LogP contribution in [0.15, 0.2) is 18.2 Å². The molecular formula is C16H27N3O. The van der Waals surface area contributed by atoms with Crippen LogP contribution in [0, 0.1) is 19.8 Å². The zero-order chi connectivity index (χ0) is 14.8. The van der Waals surface area contributed by atoms with Gasteiger partial charge in [0.05, 0.1) is 12.6 Å². The Morgan fingerprint density at radius 2 is 2.05 bits per heavy atom. The largest absolute Gasteiger partial charge is 0.394 e. The van der Waals surface area contributed by atoms with Gasteiger partial charge in [-0.2, -0.15) is 0 Å². The van der Waals surface area contributed by atoms with Crippen LogP contribution in [0.5, 0.6) is 0 Å². The number of nitrogens with one attached hydrogen (secondary N) is 3. The van der Waals surface area contributed by atoms with Crippen molar-refractivity contribution in [2.75, 3.05) is 19.7 Å². The van der Waals surface area contributed by atoms with Crippen molar-refractivity contribution in [3.8, 4) is 0 Å². The van der Waals surface area contributed by atoms with Gasteiger partial charge in [-0.15, -0.1) is 0 Å². The molecule has 0 bridgehead atoms. The van der Waals surface area contributed by atoms with Crippen molar-refractivity contribution in [2.45, 2.75) is 39.3 Å². The van der Waals surface area contributed by atoms with Gasteiger partial charge in [0.1, 0.15) is 0 Å². The lowest BCUT2D eigenvalue weighted by atomic mass is 9.92. The minimum absolute atomic E-state index is 0.148. The maximum absolute atomic E-state index is 9.32.